The fraction of sp³-hybridized carbons (Fsp3) is 0.182. The fourth-order valence-electron chi connectivity index (χ4n) is 1.56. The summed E-state index contributed by atoms with van der Waals surface area (Å²) in [7, 11) is 0. The maximum atomic E-state index is 13.1. The van der Waals surface area contributed by atoms with E-state index in [-0.39, 0.29) is 5.82 Å². The quantitative estimate of drug-likeness (QED) is 0.739. The van der Waals surface area contributed by atoms with Crippen molar-refractivity contribution in [1.29, 1.82) is 0 Å². The molecule has 2 aromatic heterocycles. The van der Waals surface area contributed by atoms with Crippen molar-refractivity contribution in [3.8, 4) is 5.82 Å². The number of rotatable bonds is 1. The molecule has 2 nitrogen and oxygen atoms in total. The van der Waals surface area contributed by atoms with Gasteiger partial charge >= 0.3 is 0 Å². The summed E-state index contributed by atoms with van der Waals surface area (Å²) in [5, 5.41) is 0. The molecule has 0 aliphatic heterocycles. The van der Waals surface area contributed by atoms with Gasteiger partial charge in [0.05, 0.1) is 9.77 Å². The van der Waals surface area contributed by atoms with Gasteiger partial charge in [-0.2, -0.15) is 0 Å². The summed E-state index contributed by atoms with van der Waals surface area (Å²) in [5.74, 6) is 0.489. The first kappa shape index (κ1) is 10.6. The second-order valence-corrected chi connectivity index (χ2v) is 4.57. The highest BCUT2D eigenvalue weighted by atomic mass is 127. The summed E-state index contributed by atoms with van der Waals surface area (Å²) >= 11 is 1.97. The monoisotopic (exact) mass is 316 g/mol. The Hall–Kier alpha value is -0.910. The number of pyridine rings is 1. The molecule has 78 valence electrons. The maximum absolute atomic E-state index is 13.1. The van der Waals surface area contributed by atoms with Crippen molar-refractivity contribution in [3.05, 3.63) is 45.2 Å². The molecule has 0 amide bonds. The molecular formula is C11H10FIN2. The topological polar surface area (TPSA) is 17.8 Å². The first-order valence-corrected chi connectivity index (χ1v) is 5.64. The Balaban J connectivity index is 2.59. The van der Waals surface area contributed by atoms with Gasteiger partial charge in [-0.25, -0.2) is 9.37 Å². The van der Waals surface area contributed by atoms with E-state index in [2.05, 4.69) is 4.98 Å². The maximum Gasteiger partial charge on any atom is 0.154 e. The largest absolute Gasteiger partial charge is 0.303 e. The van der Waals surface area contributed by atoms with Gasteiger partial charge in [0, 0.05) is 11.4 Å². The van der Waals surface area contributed by atoms with Crippen LogP contribution in [0.5, 0.6) is 0 Å². The predicted molar refractivity (Wildman–Crippen MR) is 65.7 cm³/mol. The van der Waals surface area contributed by atoms with Gasteiger partial charge in [-0.15, -0.1) is 0 Å². The Morgan fingerprint density at radius 3 is 2.40 bits per heavy atom. The van der Waals surface area contributed by atoms with E-state index in [1.807, 2.05) is 53.1 Å². The Morgan fingerprint density at radius 2 is 1.87 bits per heavy atom. The van der Waals surface area contributed by atoms with Crippen molar-refractivity contribution in [2.24, 2.45) is 0 Å². The van der Waals surface area contributed by atoms with Crippen LogP contribution >= 0.6 is 22.6 Å². The Morgan fingerprint density at radius 1 is 1.27 bits per heavy atom. The SMILES string of the molecule is Cc1ccc(C)n1-c1cc(I)c(F)cn1. The predicted octanol–water partition coefficient (Wildman–Crippen LogP) is 3.23. The van der Waals surface area contributed by atoms with Gasteiger partial charge in [-0.05, 0) is 54.6 Å². The smallest absolute Gasteiger partial charge is 0.154 e. The standard InChI is InChI=1S/C11H10FIN2/c1-7-3-4-8(2)15(7)11-5-10(13)9(12)6-14-11/h3-6H,1-2H3. The number of aryl methyl sites for hydroxylation is 2. The molecule has 2 rings (SSSR count). The molecule has 0 fully saturated rings. The minimum atomic E-state index is -0.276. The van der Waals surface area contributed by atoms with E-state index in [4.69, 9.17) is 0 Å². The van der Waals surface area contributed by atoms with Crippen molar-refractivity contribution >= 4 is 22.6 Å². The van der Waals surface area contributed by atoms with Crippen LogP contribution in [0.25, 0.3) is 5.82 Å². The number of hydrogen-bond donors (Lipinski definition) is 0. The van der Waals surface area contributed by atoms with Crippen molar-refractivity contribution in [1.82, 2.24) is 9.55 Å². The Labute approximate surface area is 101 Å². The molecule has 0 atom stereocenters. The van der Waals surface area contributed by atoms with Crippen LogP contribution in [0.4, 0.5) is 4.39 Å². The van der Waals surface area contributed by atoms with Crippen molar-refractivity contribution in [2.75, 3.05) is 0 Å². The zero-order valence-electron chi connectivity index (χ0n) is 8.46. The molecule has 0 unspecified atom stereocenters. The molecule has 0 aliphatic rings. The highest BCUT2D eigenvalue weighted by Gasteiger charge is 2.07. The normalized spacial score (nSPS) is 10.7. The third-order valence-electron chi connectivity index (χ3n) is 2.29. The summed E-state index contributed by atoms with van der Waals surface area (Å²) < 4.78 is 15.7. The number of hydrogen-bond acceptors (Lipinski definition) is 1. The van der Waals surface area contributed by atoms with Gasteiger partial charge in [-0.1, -0.05) is 0 Å². The highest BCUT2D eigenvalue weighted by Crippen LogP contribution is 2.17. The first-order valence-electron chi connectivity index (χ1n) is 4.56. The summed E-state index contributed by atoms with van der Waals surface area (Å²) in [6.45, 7) is 4.01. The summed E-state index contributed by atoms with van der Waals surface area (Å²) in [4.78, 5) is 4.09. The van der Waals surface area contributed by atoms with E-state index < -0.39 is 0 Å². The van der Waals surface area contributed by atoms with Crippen molar-refractivity contribution < 1.29 is 4.39 Å². The molecule has 2 aromatic rings. The molecule has 0 saturated carbocycles. The molecule has 0 aliphatic carbocycles. The minimum Gasteiger partial charge on any atom is -0.303 e. The van der Waals surface area contributed by atoms with Gasteiger partial charge in [0.2, 0.25) is 0 Å². The van der Waals surface area contributed by atoms with Crippen LogP contribution < -0.4 is 0 Å². The van der Waals surface area contributed by atoms with Crippen LogP contribution in [0.1, 0.15) is 11.4 Å². The van der Waals surface area contributed by atoms with E-state index in [1.165, 1.54) is 6.20 Å². The van der Waals surface area contributed by atoms with E-state index in [1.54, 1.807) is 6.07 Å². The molecular weight excluding hydrogens is 306 g/mol. The van der Waals surface area contributed by atoms with E-state index >= 15 is 0 Å². The van der Waals surface area contributed by atoms with Gasteiger partial charge in [0.25, 0.3) is 0 Å². The third kappa shape index (κ3) is 1.90. The molecule has 4 heteroatoms. The molecule has 0 radical (unpaired) electrons. The molecule has 0 N–H and O–H groups in total. The highest BCUT2D eigenvalue weighted by molar-refractivity contribution is 14.1. The van der Waals surface area contributed by atoms with E-state index in [0.29, 0.717) is 3.57 Å². The number of nitrogens with zero attached hydrogens (tertiary/aromatic N) is 2. The lowest BCUT2D eigenvalue weighted by Gasteiger charge is -2.08. The lowest BCUT2D eigenvalue weighted by molar-refractivity contribution is 0.612. The minimum absolute atomic E-state index is 0.276. The van der Waals surface area contributed by atoms with Gasteiger partial charge in [-0.3, -0.25) is 0 Å². The molecule has 0 aromatic carbocycles. The van der Waals surface area contributed by atoms with Crippen LogP contribution in [-0.2, 0) is 0 Å². The molecule has 15 heavy (non-hydrogen) atoms. The van der Waals surface area contributed by atoms with Gasteiger partial charge < -0.3 is 4.57 Å². The molecule has 0 spiro atoms. The van der Waals surface area contributed by atoms with Crippen LogP contribution in [0.15, 0.2) is 24.4 Å². The lowest BCUT2D eigenvalue weighted by atomic mass is 10.4. The second-order valence-electron chi connectivity index (χ2n) is 3.41. The molecule has 2 heterocycles. The molecule has 0 saturated heterocycles. The summed E-state index contributed by atoms with van der Waals surface area (Å²) in [5.41, 5.74) is 2.20. The van der Waals surface area contributed by atoms with Crippen molar-refractivity contribution in [2.45, 2.75) is 13.8 Å². The summed E-state index contributed by atoms with van der Waals surface area (Å²) in [6, 6.07) is 5.79. The summed E-state index contributed by atoms with van der Waals surface area (Å²) in [6.07, 6.45) is 1.26. The van der Waals surface area contributed by atoms with Crippen LogP contribution in [-0.4, -0.2) is 9.55 Å². The van der Waals surface area contributed by atoms with E-state index in [9.17, 15) is 4.39 Å². The molecule has 0 bridgehead atoms. The Kier molecular flexibility index (Phi) is 2.77. The second kappa shape index (κ2) is 3.92. The zero-order chi connectivity index (χ0) is 11.0. The first-order chi connectivity index (χ1) is 7.09. The zero-order valence-corrected chi connectivity index (χ0v) is 10.6. The average molecular weight is 316 g/mol. The lowest BCUT2D eigenvalue weighted by Crippen LogP contribution is -2.02. The third-order valence-corrected chi connectivity index (χ3v) is 3.12. The number of halogens is 2. The van der Waals surface area contributed by atoms with Crippen LogP contribution in [0.3, 0.4) is 0 Å². The number of aromatic nitrogens is 2. The van der Waals surface area contributed by atoms with E-state index in [0.717, 1.165) is 17.2 Å². The van der Waals surface area contributed by atoms with Crippen LogP contribution in [0.2, 0.25) is 0 Å². The van der Waals surface area contributed by atoms with Crippen molar-refractivity contribution in [3.63, 3.8) is 0 Å². The van der Waals surface area contributed by atoms with Gasteiger partial charge in [0.1, 0.15) is 5.82 Å². The van der Waals surface area contributed by atoms with Gasteiger partial charge in [0.15, 0.2) is 5.82 Å². The average Bonchev–Trinajstić information content (AvgIpc) is 2.52. The van der Waals surface area contributed by atoms with Crippen LogP contribution in [0, 0.1) is 23.2 Å². The fourth-order valence-corrected chi connectivity index (χ4v) is 1.97. The Bertz CT molecular complexity index is 486.